The van der Waals surface area contributed by atoms with E-state index in [9.17, 15) is 0 Å². The highest BCUT2D eigenvalue weighted by Crippen LogP contribution is 2.38. The van der Waals surface area contributed by atoms with Gasteiger partial charge in [-0.2, -0.15) is 0 Å². The summed E-state index contributed by atoms with van der Waals surface area (Å²) >= 11 is 0. The molecule has 0 aromatic heterocycles. The second-order valence-electron chi connectivity index (χ2n) is 7.04. The van der Waals surface area contributed by atoms with Crippen molar-refractivity contribution < 1.29 is 5.11 Å². The van der Waals surface area contributed by atoms with E-state index in [1.807, 2.05) is 0 Å². The third kappa shape index (κ3) is 5.37. The predicted octanol–water partition coefficient (Wildman–Crippen LogP) is 4.27. The van der Waals surface area contributed by atoms with Crippen molar-refractivity contribution >= 4 is 0 Å². The summed E-state index contributed by atoms with van der Waals surface area (Å²) in [5.74, 6) is 2.00. The van der Waals surface area contributed by atoms with Crippen LogP contribution in [-0.2, 0) is 0 Å². The van der Waals surface area contributed by atoms with E-state index in [2.05, 4.69) is 5.32 Å². The maximum absolute atomic E-state index is 8.79. The molecule has 2 aliphatic rings. The molecule has 0 spiro atoms. The summed E-state index contributed by atoms with van der Waals surface area (Å²) in [4.78, 5) is 0. The third-order valence-corrected chi connectivity index (χ3v) is 5.57. The number of rotatable bonds is 8. The largest absolute Gasteiger partial charge is 0.396 e. The molecule has 0 amide bonds. The Labute approximate surface area is 125 Å². The van der Waals surface area contributed by atoms with Crippen LogP contribution in [0, 0.1) is 11.8 Å². The van der Waals surface area contributed by atoms with Crippen LogP contribution in [0.4, 0.5) is 0 Å². The Kier molecular flexibility index (Phi) is 7.97. The Morgan fingerprint density at radius 2 is 1.45 bits per heavy atom. The molecule has 2 atom stereocenters. The monoisotopic (exact) mass is 281 g/mol. The van der Waals surface area contributed by atoms with Crippen molar-refractivity contribution in [3.63, 3.8) is 0 Å². The maximum Gasteiger partial charge on any atom is 0.0431 e. The molecular formula is C18H35NO. The molecule has 0 aromatic rings. The molecule has 0 heterocycles. The molecule has 2 heteroatoms. The number of aliphatic hydroxyl groups is 1. The van der Waals surface area contributed by atoms with E-state index in [0.717, 1.165) is 24.3 Å². The average molecular weight is 281 g/mol. The molecule has 2 fully saturated rings. The van der Waals surface area contributed by atoms with E-state index < -0.39 is 0 Å². The fourth-order valence-electron chi connectivity index (χ4n) is 4.42. The molecule has 2 aliphatic carbocycles. The van der Waals surface area contributed by atoms with Crippen LogP contribution in [-0.4, -0.2) is 24.3 Å². The van der Waals surface area contributed by atoms with Crippen molar-refractivity contribution in [1.29, 1.82) is 0 Å². The van der Waals surface area contributed by atoms with Gasteiger partial charge in [-0.05, 0) is 44.1 Å². The minimum Gasteiger partial charge on any atom is -0.396 e. The number of unbranched alkanes of at least 4 members (excludes halogenated alkanes) is 3. The minimum absolute atomic E-state index is 0.361. The number of aliphatic hydroxyl groups excluding tert-OH is 1. The molecular weight excluding hydrogens is 246 g/mol. The standard InChI is InChI=1S/C18H35NO/c20-15-9-2-1-8-14-19-18-13-7-6-12-17(18)16-10-4-3-5-11-16/h16-20H,1-15H2. The number of hydrogen-bond acceptors (Lipinski definition) is 2. The fourth-order valence-corrected chi connectivity index (χ4v) is 4.42. The maximum atomic E-state index is 8.79. The molecule has 2 rings (SSSR count). The van der Waals surface area contributed by atoms with E-state index in [4.69, 9.17) is 5.11 Å². The van der Waals surface area contributed by atoms with E-state index in [1.165, 1.54) is 83.6 Å². The van der Waals surface area contributed by atoms with Crippen molar-refractivity contribution in [1.82, 2.24) is 5.32 Å². The first-order valence-electron chi connectivity index (χ1n) is 9.26. The van der Waals surface area contributed by atoms with Crippen LogP contribution in [0.25, 0.3) is 0 Å². The minimum atomic E-state index is 0.361. The first-order chi connectivity index (χ1) is 9.92. The zero-order valence-electron chi connectivity index (χ0n) is 13.3. The highest BCUT2D eigenvalue weighted by atomic mass is 16.2. The first kappa shape index (κ1) is 16.3. The van der Waals surface area contributed by atoms with Crippen molar-refractivity contribution in [2.75, 3.05) is 13.2 Å². The molecule has 0 saturated heterocycles. The summed E-state index contributed by atoms with van der Waals surface area (Å²) in [6.45, 7) is 1.55. The normalized spacial score (nSPS) is 28.6. The first-order valence-corrected chi connectivity index (χ1v) is 9.26. The summed E-state index contributed by atoms with van der Waals surface area (Å²) in [5, 5.41) is 12.7. The van der Waals surface area contributed by atoms with Crippen LogP contribution >= 0.6 is 0 Å². The quantitative estimate of drug-likeness (QED) is 0.651. The van der Waals surface area contributed by atoms with Gasteiger partial charge in [0.2, 0.25) is 0 Å². The van der Waals surface area contributed by atoms with E-state index in [1.54, 1.807) is 0 Å². The van der Waals surface area contributed by atoms with E-state index in [0.29, 0.717) is 6.61 Å². The SMILES string of the molecule is OCCCCCCNC1CCCCC1C1CCCCC1. The second kappa shape index (κ2) is 9.78. The lowest BCUT2D eigenvalue weighted by Gasteiger charge is -2.39. The second-order valence-corrected chi connectivity index (χ2v) is 7.04. The van der Waals surface area contributed by atoms with Crippen molar-refractivity contribution in [3.8, 4) is 0 Å². The zero-order valence-corrected chi connectivity index (χ0v) is 13.3. The Bertz CT molecular complexity index is 238. The van der Waals surface area contributed by atoms with Crippen LogP contribution in [0.15, 0.2) is 0 Å². The van der Waals surface area contributed by atoms with Gasteiger partial charge >= 0.3 is 0 Å². The lowest BCUT2D eigenvalue weighted by Crippen LogP contribution is -2.42. The van der Waals surface area contributed by atoms with Gasteiger partial charge in [0.1, 0.15) is 0 Å². The van der Waals surface area contributed by atoms with Gasteiger partial charge in [-0.1, -0.05) is 57.8 Å². The van der Waals surface area contributed by atoms with Crippen LogP contribution in [0.3, 0.4) is 0 Å². The van der Waals surface area contributed by atoms with Crippen LogP contribution in [0.5, 0.6) is 0 Å². The van der Waals surface area contributed by atoms with Crippen molar-refractivity contribution in [2.24, 2.45) is 11.8 Å². The molecule has 2 unspecified atom stereocenters. The average Bonchev–Trinajstić information content (AvgIpc) is 2.52. The van der Waals surface area contributed by atoms with Crippen molar-refractivity contribution in [2.45, 2.75) is 89.5 Å². The summed E-state index contributed by atoms with van der Waals surface area (Å²) in [6, 6.07) is 0.810. The van der Waals surface area contributed by atoms with E-state index in [-0.39, 0.29) is 0 Å². The molecule has 118 valence electrons. The lowest BCUT2D eigenvalue weighted by atomic mass is 9.71. The van der Waals surface area contributed by atoms with Crippen LogP contribution < -0.4 is 5.32 Å². The van der Waals surface area contributed by atoms with E-state index >= 15 is 0 Å². The molecule has 2 nitrogen and oxygen atoms in total. The Hall–Kier alpha value is -0.0800. The molecule has 2 saturated carbocycles. The van der Waals surface area contributed by atoms with Gasteiger partial charge in [-0.3, -0.25) is 0 Å². The smallest absolute Gasteiger partial charge is 0.0431 e. The molecule has 20 heavy (non-hydrogen) atoms. The van der Waals surface area contributed by atoms with Gasteiger partial charge in [-0.25, -0.2) is 0 Å². The number of nitrogens with one attached hydrogen (secondary N) is 1. The van der Waals surface area contributed by atoms with Gasteiger partial charge in [0.15, 0.2) is 0 Å². The van der Waals surface area contributed by atoms with Gasteiger partial charge in [0.25, 0.3) is 0 Å². The highest BCUT2D eigenvalue weighted by molar-refractivity contribution is 4.86. The Morgan fingerprint density at radius 3 is 2.25 bits per heavy atom. The molecule has 0 radical (unpaired) electrons. The molecule has 0 aromatic carbocycles. The summed E-state index contributed by atoms with van der Waals surface area (Å²) < 4.78 is 0. The Morgan fingerprint density at radius 1 is 0.750 bits per heavy atom. The van der Waals surface area contributed by atoms with Crippen LogP contribution in [0.2, 0.25) is 0 Å². The molecule has 0 aliphatic heterocycles. The summed E-state index contributed by atoms with van der Waals surface area (Å²) in [5.41, 5.74) is 0. The Balaban J connectivity index is 1.67. The molecule has 2 N–H and O–H groups in total. The van der Waals surface area contributed by atoms with Gasteiger partial charge in [-0.15, -0.1) is 0 Å². The summed E-state index contributed by atoms with van der Waals surface area (Å²) in [7, 11) is 0. The summed E-state index contributed by atoms with van der Waals surface area (Å²) in [6.07, 6.45) is 18.0. The molecule has 0 bridgehead atoms. The van der Waals surface area contributed by atoms with Gasteiger partial charge in [0, 0.05) is 12.6 Å². The number of hydrogen-bond donors (Lipinski definition) is 2. The topological polar surface area (TPSA) is 32.3 Å². The lowest BCUT2D eigenvalue weighted by molar-refractivity contribution is 0.150. The van der Waals surface area contributed by atoms with Crippen LogP contribution in [0.1, 0.15) is 83.5 Å². The van der Waals surface area contributed by atoms with Gasteiger partial charge in [0.05, 0.1) is 0 Å². The van der Waals surface area contributed by atoms with Crippen molar-refractivity contribution in [3.05, 3.63) is 0 Å². The zero-order chi connectivity index (χ0) is 14.0. The van der Waals surface area contributed by atoms with Gasteiger partial charge < -0.3 is 10.4 Å². The predicted molar refractivity (Wildman–Crippen MR) is 85.9 cm³/mol. The highest BCUT2D eigenvalue weighted by Gasteiger charge is 2.31. The fraction of sp³-hybridized carbons (Fsp3) is 1.00. The third-order valence-electron chi connectivity index (χ3n) is 5.57.